The van der Waals surface area contributed by atoms with Crippen LogP contribution in [0.2, 0.25) is 0 Å². The van der Waals surface area contributed by atoms with Crippen molar-refractivity contribution in [2.24, 2.45) is 11.1 Å². The summed E-state index contributed by atoms with van der Waals surface area (Å²) in [4.78, 5) is 35.7. The molecule has 27 heavy (non-hydrogen) atoms. The van der Waals surface area contributed by atoms with Gasteiger partial charge in [-0.3, -0.25) is 14.4 Å². The molecule has 0 aromatic heterocycles. The number of carbonyl (C=O) groups is 3. The molecule has 1 aromatic rings. The predicted molar refractivity (Wildman–Crippen MR) is 100 cm³/mol. The molecule has 2 rings (SSSR count). The van der Waals surface area contributed by atoms with Crippen LogP contribution in [0.3, 0.4) is 0 Å². The van der Waals surface area contributed by atoms with Crippen LogP contribution in [0.4, 0.5) is 5.69 Å². The lowest BCUT2D eigenvalue weighted by Gasteiger charge is -2.57. The van der Waals surface area contributed by atoms with Crippen molar-refractivity contribution in [2.45, 2.75) is 38.8 Å². The maximum atomic E-state index is 12.7. The van der Waals surface area contributed by atoms with E-state index in [9.17, 15) is 14.4 Å². The molecular weight excluding hydrogens is 350 g/mol. The molecule has 1 aliphatic rings. The number of anilines is 1. The fourth-order valence-corrected chi connectivity index (χ4v) is 3.09. The van der Waals surface area contributed by atoms with E-state index in [4.69, 9.17) is 10.5 Å². The van der Waals surface area contributed by atoms with Gasteiger partial charge in [-0.15, -0.1) is 0 Å². The fourth-order valence-electron chi connectivity index (χ4n) is 3.09. The molecular formula is C19H27N3O5. The Morgan fingerprint density at radius 3 is 2.37 bits per heavy atom. The lowest BCUT2D eigenvalue weighted by molar-refractivity contribution is -0.166. The Hall–Kier alpha value is -2.45. The number of nitrogens with two attached hydrogens (primary N) is 1. The number of benzene rings is 1. The van der Waals surface area contributed by atoms with Crippen molar-refractivity contribution in [3.05, 3.63) is 29.8 Å². The molecule has 4 N–H and O–H groups in total. The quantitative estimate of drug-likeness (QED) is 0.611. The van der Waals surface area contributed by atoms with Crippen LogP contribution in [0.5, 0.6) is 0 Å². The highest BCUT2D eigenvalue weighted by molar-refractivity contribution is 6.00. The van der Waals surface area contributed by atoms with Crippen LogP contribution in [0.25, 0.3) is 0 Å². The summed E-state index contributed by atoms with van der Waals surface area (Å²) >= 11 is 0. The highest BCUT2D eigenvalue weighted by Gasteiger charge is 2.62. The summed E-state index contributed by atoms with van der Waals surface area (Å²) in [6.07, 6.45) is 0.396. The summed E-state index contributed by atoms with van der Waals surface area (Å²) in [5, 5.41) is 5.25. The Morgan fingerprint density at radius 1 is 1.22 bits per heavy atom. The Balaban J connectivity index is 1.97. The van der Waals surface area contributed by atoms with Gasteiger partial charge in [-0.2, -0.15) is 0 Å². The third-order valence-corrected chi connectivity index (χ3v) is 5.26. The molecule has 1 saturated carbocycles. The molecule has 0 bridgehead atoms. The average molecular weight is 377 g/mol. The van der Waals surface area contributed by atoms with E-state index in [1.54, 1.807) is 24.3 Å². The molecule has 0 heterocycles. The molecule has 2 atom stereocenters. The zero-order valence-electron chi connectivity index (χ0n) is 16.1. The first-order valence-corrected chi connectivity index (χ1v) is 8.82. The molecule has 1 fully saturated rings. The van der Waals surface area contributed by atoms with E-state index in [1.165, 1.54) is 7.11 Å². The average Bonchev–Trinajstić information content (AvgIpc) is 2.65. The van der Waals surface area contributed by atoms with Gasteiger partial charge in [0.1, 0.15) is 12.1 Å². The number of rotatable bonds is 7. The molecule has 2 amide bonds. The minimum absolute atomic E-state index is 0.0564. The van der Waals surface area contributed by atoms with Gasteiger partial charge < -0.3 is 25.8 Å². The molecule has 8 nitrogen and oxygen atoms in total. The first-order chi connectivity index (χ1) is 12.7. The van der Waals surface area contributed by atoms with Gasteiger partial charge in [-0.25, -0.2) is 0 Å². The standard InChI is InChI=1S/C19H27N3O5/c1-5-27-14-10-19(20,18(14,2)3)17(25)22-13-8-6-12(7-9-13)16(24)21-11-15(23)26-4/h6-9,14H,5,10-11,20H2,1-4H3,(H,21,24)(H,22,25). The van der Waals surface area contributed by atoms with Gasteiger partial charge in [0.15, 0.2) is 0 Å². The second-order valence-electron chi connectivity index (χ2n) is 7.13. The Labute approximate surface area is 158 Å². The monoisotopic (exact) mass is 377 g/mol. The molecule has 0 saturated heterocycles. The number of hydrogen-bond acceptors (Lipinski definition) is 6. The molecule has 8 heteroatoms. The normalized spacial score (nSPS) is 23.1. The van der Waals surface area contributed by atoms with Crippen molar-refractivity contribution < 1.29 is 23.9 Å². The Bertz CT molecular complexity index is 717. The summed E-state index contributed by atoms with van der Waals surface area (Å²) in [6.45, 7) is 6.12. The number of nitrogens with one attached hydrogen (secondary N) is 2. The van der Waals surface area contributed by atoms with E-state index >= 15 is 0 Å². The first-order valence-electron chi connectivity index (χ1n) is 8.82. The Kier molecular flexibility index (Phi) is 6.22. The largest absolute Gasteiger partial charge is 0.468 e. The van der Waals surface area contributed by atoms with Crippen molar-refractivity contribution in [2.75, 3.05) is 25.6 Å². The van der Waals surface area contributed by atoms with Crippen LogP contribution in [0.1, 0.15) is 37.6 Å². The lowest BCUT2D eigenvalue weighted by atomic mass is 9.54. The first kappa shape index (κ1) is 20.9. The zero-order valence-corrected chi connectivity index (χ0v) is 16.1. The van der Waals surface area contributed by atoms with Crippen molar-refractivity contribution in [1.82, 2.24) is 5.32 Å². The molecule has 2 unspecified atom stereocenters. The van der Waals surface area contributed by atoms with E-state index in [-0.39, 0.29) is 18.6 Å². The van der Waals surface area contributed by atoms with Gasteiger partial charge in [-0.05, 0) is 31.2 Å². The van der Waals surface area contributed by atoms with Crippen molar-refractivity contribution in [3.8, 4) is 0 Å². The van der Waals surface area contributed by atoms with Gasteiger partial charge in [0.05, 0.1) is 13.2 Å². The van der Waals surface area contributed by atoms with E-state index in [0.717, 1.165) is 0 Å². The minimum atomic E-state index is -1.02. The van der Waals surface area contributed by atoms with Gasteiger partial charge in [0, 0.05) is 29.7 Å². The van der Waals surface area contributed by atoms with Gasteiger partial charge in [0.2, 0.25) is 5.91 Å². The number of methoxy groups -OCH3 is 1. The van der Waals surface area contributed by atoms with Crippen molar-refractivity contribution in [1.29, 1.82) is 0 Å². The molecule has 0 aliphatic heterocycles. The molecule has 1 aliphatic carbocycles. The summed E-state index contributed by atoms with van der Waals surface area (Å²) in [5.74, 6) is -1.23. The van der Waals surface area contributed by atoms with Crippen LogP contribution in [-0.2, 0) is 19.1 Å². The number of esters is 1. The van der Waals surface area contributed by atoms with E-state index in [2.05, 4.69) is 15.4 Å². The maximum Gasteiger partial charge on any atom is 0.325 e. The van der Waals surface area contributed by atoms with Crippen LogP contribution in [0, 0.1) is 5.41 Å². The predicted octanol–water partition coefficient (Wildman–Crippen LogP) is 1.06. The molecule has 1 aromatic carbocycles. The van der Waals surface area contributed by atoms with Crippen LogP contribution in [-0.4, -0.2) is 49.7 Å². The highest BCUT2D eigenvalue weighted by atomic mass is 16.5. The number of carbonyl (C=O) groups excluding carboxylic acids is 3. The second kappa shape index (κ2) is 8.06. The summed E-state index contributed by atoms with van der Waals surface area (Å²) in [6, 6.07) is 6.33. The SMILES string of the molecule is CCOC1CC(N)(C(=O)Nc2ccc(C(=O)NCC(=O)OC)cc2)C1(C)C. The van der Waals surface area contributed by atoms with Gasteiger partial charge >= 0.3 is 5.97 Å². The third kappa shape index (κ3) is 4.12. The fraction of sp³-hybridized carbons (Fsp3) is 0.526. The summed E-state index contributed by atoms with van der Waals surface area (Å²) < 4.78 is 10.1. The van der Waals surface area contributed by atoms with E-state index in [0.29, 0.717) is 24.3 Å². The third-order valence-electron chi connectivity index (χ3n) is 5.26. The van der Waals surface area contributed by atoms with Gasteiger partial charge in [0.25, 0.3) is 5.91 Å². The molecule has 0 radical (unpaired) electrons. The summed E-state index contributed by atoms with van der Waals surface area (Å²) in [5.41, 5.74) is 5.74. The maximum absolute atomic E-state index is 12.7. The Morgan fingerprint density at radius 2 is 1.85 bits per heavy atom. The van der Waals surface area contributed by atoms with Crippen LogP contribution in [0.15, 0.2) is 24.3 Å². The lowest BCUT2D eigenvalue weighted by Crippen LogP contribution is -2.74. The van der Waals surface area contributed by atoms with Crippen molar-refractivity contribution >= 4 is 23.5 Å². The van der Waals surface area contributed by atoms with Crippen LogP contribution < -0.4 is 16.4 Å². The molecule has 0 spiro atoms. The topological polar surface area (TPSA) is 120 Å². The molecule has 148 valence electrons. The van der Waals surface area contributed by atoms with Gasteiger partial charge in [-0.1, -0.05) is 13.8 Å². The summed E-state index contributed by atoms with van der Waals surface area (Å²) in [7, 11) is 1.25. The number of ether oxygens (including phenoxy) is 2. The van der Waals surface area contributed by atoms with Crippen molar-refractivity contribution in [3.63, 3.8) is 0 Å². The van der Waals surface area contributed by atoms with Crippen LogP contribution >= 0.6 is 0 Å². The minimum Gasteiger partial charge on any atom is -0.468 e. The highest BCUT2D eigenvalue weighted by Crippen LogP contribution is 2.50. The number of amides is 2. The zero-order chi connectivity index (χ0) is 20.2. The van der Waals surface area contributed by atoms with E-state index < -0.39 is 22.8 Å². The van der Waals surface area contributed by atoms with E-state index in [1.807, 2.05) is 20.8 Å². The smallest absolute Gasteiger partial charge is 0.325 e. The number of hydrogen-bond donors (Lipinski definition) is 3. The second-order valence-corrected chi connectivity index (χ2v) is 7.13.